The largest absolute Gasteiger partial charge is 0.257 e. The Morgan fingerprint density at radius 3 is 2.96 bits per heavy atom. The molecule has 1 aliphatic heterocycles. The monoisotopic (exact) mass is 329 g/mol. The molecule has 3 saturated carbocycles. The van der Waals surface area contributed by atoms with E-state index in [2.05, 4.69) is 20.8 Å². The second-order valence-electron chi connectivity index (χ2n) is 7.22. The summed E-state index contributed by atoms with van der Waals surface area (Å²) in [6, 6.07) is 4.49. The predicted octanol–water partition coefficient (Wildman–Crippen LogP) is 2.80. The van der Waals surface area contributed by atoms with Gasteiger partial charge in [-0.15, -0.1) is 0 Å². The fourth-order valence-electron chi connectivity index (χ4n) is 4.53. The van der Waals surface area contributed by atoms with Gasteiger partial charge in [0, 0.05) is 24.2 Å². The van der Waals surface area contributed by atoms with Crippen molar-refractivity contribution < 1.29 is 9.23 Å². The van der Waals surface area contributed by atoms with Crippen molar-refractivity contribution in [3.05, 3.63) is 30.2 Å². The van der Waals surface area contributed by atoms with Crippen LogP contribution in [0.1, 0.15) is 32.1 Å². The van der Waals surface area contributed by atoms with Gasteiger partial charge in [0.15, 0.2) is 0 Å². The lowest BCUT2D eigenvalue weighted by molar-refractivity contribution is -0.235. The van der Waals surface area contributed by atoms with Crippen molar-refractivity contribution in [1.29, 1.82) is 0 Å². The Morgan fingerprint density at radius 1 is 1.29 bits per heavy atom. The predicted molar refractivity (Wildman–Crippen MR) is 86.8 cm³/mol. The van der Waals surface area contributed by atoms with E-state index in [-0.39, 0.29) is 11.4 Å². The average molecular weight is 329 g/mol. The standard InChI is InChI=1S/C17H20FN5O/c18-14-6-3-12-9-19-16(21-15(12)7-14)22-23-20-10-17(24-23)8-11-1-4-13(17)5-2-11/h3,6-7,9,11,13,20H,1-2,4-5,8,10H2,(H,19,21,22)/t11?,13?,17-/m0/s1. The van der Waals surface area contributed by atoms with Crippen molar-refractivity contribution in [3.63, 3.8) is 0 Å². The molecule has 1 saturated heterocycles. The van der Waals surface area contributed by atoms with Crippen LogP contribution in [-0.2, 0) is 4.84 Å². The van der Waals surface area contributed by atoms with Crippen LogP contribution in [0.5, 0.6) is 0 Å². The van der Waals surface area contributed by atoms with Gasteiger partial charge in [-0.3, -0.25) is 4.84 Å². The van der Waals surface area contributed by atoms with Gasteiger partial charge in [0.2, 0.25) is 5.95 Å². The van der Waals surface area contributed by atoms with Crippen LogP contribution in [0.3, 0.4) is 0 Å². The smallest absolute Gasteiger partial charge is 0.241 e. The third-order valence-electron chi connectivity index (χ3n) is 5.77. The highest BCUT2D eigenvalue weighted by molar-refractivity contribution is 5.78. The van der Waals surface area contributed by atoms with Gasteiger partial charge in [-0.05, 0) is 61.4 Å². The van der Waals surface area contributed by atoms with Crippen LogP contribution in [0.15, 0.2) is 24.4 Å². The van der Waals surface area contributed by atoms with Gasteiger partial charge in [-0.1, -0.05) is 0 Å². The molecule has 6 nitrogen and oxygen atoms in total. The highest BCUT2D eigenvalue weighted by atomic mass is 19.1. The minimum Gasteiger partial charge on any atom is -0.257 e. The number of aromatic nitrogens is 2. The van der Waals surface area contributed by atoms with E-state index in [9.17, 15) is 4.39 Å². The summed E-state index contributed by atoms with van der Waals surface area (Å²) in [4.78, 5) is 14.9. The van der Waals surface area contributed by atoms with Crippen LogP contribution in [0.2, 0.25) is 0 Å². The summed E-state index contributed by atoms with van der Waals surface area (Å²) in [6.45, 7) is 0.809. The third kappa shape index (κ3) is 2.35. The van der Waals surface area contributed by atoms with Crippen molar-refractivity contribution in [1.82, 2.24) is 20.7 Å². The first-order valence-corrected chi connectivity index (χ1v) is 8.62. The first-order chi connectivity index (χ1) is 11.7. The van der Waals surface area contributed by atoms with E-state index >= 15 is 0 Å². The van der Waals surface area contributed by atoms with E-state index in [0.29, 0.717) is 17.4 Å². The van der Waals surface area contributed by atoms with Crippen LogP contribution >= 0.6 is 0 Å². The van der Waals surface area contributed by atoms with Crippen molar-refractivity contribution in [2.24, 2.45) is 11.8 Å². The Bertz CT molecular complexity index is 779. The van der Waals surface area contributed by atoms with Crippen molar-refractivity contribution in [2.75, 3.05) is 12.0 Å². The van der Waals surface area contributed by atoms with E-state index < -0.39 is 0 Å². The van der Waals surface area contributed by atoms with Crippen LogP contribution in [0.25, 0.3) is 10.9 Å². The number of halogens is 1. The molecule has 0 radical (unpaired) electrons. The Balaban J connectivity index is 1.34. The van der Waals surface area contributed by atoms with Gasteiger partial charge in [0.05, 0.1) is 5.52 Å². The highest BCUT2D eigenvalue weighted by Gasteiger charge is 2.52. The number of nitrogens with zero attached hydrogens (tertiary/aromatic N) is 3. The fourth-order valence-corrected chi connectivity index (χ4v) is 4.53. The molecule has 0 amide bonds. The van der Waals surface area contributed by atoms with E-state index in [4.69, 9.17) is 4.84 Å². The molecule has 4 aliphatic rings. The molecule has 2 aromatic rings. The van der Waals surface area contributed by atoms with Gasteiger partial charge in [-0.25, -0.2) is 25.2 Å². The molecule has 2 bridgehead atoms. The summed E-state index contributed by atoms with van der Waals surface area (Å²) in [5.74, 6) is 1.49. The SMILES string of the molecule is Fc1ccc2cnc(NN3NC[C@]4(CC5CCC4CC5)O3)nc2c1. The molecule has 1 aromatic heterocycles. The highest BCUT2D eigenvalue weighted by Crippen LogP contribution is 2.50. The number of hydrogen-bond donors (Lipinski definition) is 2. The molecule has 0 unspecified atom stereocenters. The lowest BCUT2D eigenvalue weighted by Gasteiger charge is -2.47. The first kappa shape index (κ1) is 14.5. The minimum absolute atomic E-state index is 0.100. The molecule has 2 heterocycles. The zero-order valence-electron chi connectivity index (χ0n) is 13.3. The zero-order valence-corrected chi connectivity index (χ0v) is 13.3. The van der Waals surface area contributed by atoms with Crippen molar-refractivity contribution in [3.8, 4) is 0 Å². The maximum Gasteiger partial charge on any atom is 0.241 e. The van der Waals surface area contributed by atoms with Gasteiger partial charge in [0.25, 0.3) is 0 Å². The average Bonchev–Trinajstić information content (AvgIpc) is 2.97. The Morgan fingerprint density at radius 2 is 2.17 bits per heavy atom. The summed E-state index contributed by atoms with van der Waals surface area (Å²) < 4.78 is 13.4. The van der Waals surface area contributed by atoms with Crippen LogP contribution < -0.4 is 10.9 Å². The topological polar surface area (TPSA) is 62.3 Å². The van der Waals surface area contributed by atoms with E-state index in [0.717, 1.165) is 24.3 Å². The van der Waals surface area contributed by atoms with Crippen LogP contribution in [0, 0.1) is 17.7 Å². The zero-order chi connectivity index (χ0) is 16.1. The van der Waals surface area contributed by atoms with Crippen molar-refractivity contribution >= 4 is 16.9 Å². The quantitative estimate of drug-likeness (QED) is 0.883. The molecule has 2 N–H and O–H groups in total. The number of anilines is 1. The van der Waals surface area contributed by atoms with Gasteiger partial charge < -0.3 is 0 Å². The Labute approximate surface area is 139 Å². The molecule has 3 aliphatic carbocycles. The lowest BCUT2D eigenvalue weighted by atomic mass is 9.62. The summed E-state index contributed by atoms with van der Waals surface area (Å²) >= 11 is 0. The summed E-state index contributed by atoms with van der Waals surface area (Å²) in [7, 11) is 0. The summed E-state index contributed by atoms with van der Waals surface area (Å²) in [6.07, 6.45) is 7.98. The minimum atomic E-state index is -0.306. The van der Waals surface area contributed by atoms with Gasteiger partial charge >= 0.3 is 0 Å². The van der Waals surface area contributed by atoms with Crippen LogP contribution in [-0.4, -0.2) is 27.4 Å². The summed E-state index contributed by atoms with van der Waals surface area (Å²) in [5, 5.41) is 2.33. The summed E-state index contributed by atoms with van der Waals surface area (Å²) in [5.41, 5.74) is 6.76. The number of fused-ring (bicyclic) bond motifs is 3. The number of nitrogens with one attached hydrogen (secondary N) is 2. The number of hydrogen-bond acceptors (Lipinski definition) is 6. The molecule has 4 fully saturated rings. The van der Waals surface area contributed by atoms with E-state index in [1.165, 1.54) is 43.1 Å². The van der Waals surface area contributed by atoms with Crippen molar-refractivity contribution in [2.45, 2.75) is 37.7 Å². The third-order valence-corrected chi connectivity index (χ3v) is 5.77. The molecule has 7 heteroatoms. The lowest BCUT2D eigenvalue weighted by Crippen LogP contribution is -2.50. The molecule has 6 rings (SSSR count). The maximum atomic E-state index is 13.4. The normalized spacial score (nSPS) is 32.7. The van der Waals surface area contributed by atoms with Crippen LogP contribution in [0.4, 0.5) is 10.3 Å². The second kappa shape index (κ2) is 5.34. The second-order valence-corrected chi connectivity index (χ2v) is 7.22. The molecule has 1 atom stereocenters. The molecule has 1 spiro atoms. The van der Waals surface area contributed by atoms with E-state index in [1.54, 1.807) is 12.3 Å². The molecular weight excluding hydrogens is 309 g/mol. The number of hydrazine groups is 2. The maximum absolute atomic E-state index is 13.4. The Hall–Kier alpha value is -1.83. The molecular formula is C17H20FN5O. The number of rotatable bonds is 2. The fraction of sp³-hybridized carbons (Fsp3) is 0.529. The molecule has 24 heavy (non-hydrogen) atoms. The van der Waals surface area contributed by atoms with E-state index in [1.807, 2.05) is 0 Å². The first-order valence-electron chi connectivity index (χ1n) is 8.62. The Kier molecular flexibility index (Phi) is 3.23. The molecule has 126 valence electrons. The van der Waals surface area contributed by atoms with Gasteiger partial charge in [-0.2, -0.15) is 0 Å². The molecule has 1 aromatic carbocycles. The number of benzene rings is 1. The van der Waals surface area contributed by atoms with Gasteiger partial charge in [0.1, 0.15) is 11.4 Å².